The molecule has 2 saturated carbocycles. The van der Waals surface area contributed by atoms with E-state index in [4.69, 9.17) is 6.42 Å². The smallest absolute Gasteiger partial charge is 0.000993 e. The van der Waals surface area contributed by atoms with Gasteiger partial charge in [0.1, 0.15) is 0 Å². The van der Waals surface area contributed by atoms with Crippen molar-refractivity contribution in [2.45, 2.75) is 90.4 Å². The number of benzene rings is 1. The van der Waals surface area contributed by atoms with Crippen LogP contribution in [-0.4, -0.2) is 0 Å². The summed E-state index contributed by atoms with van der Waals surface area (Å²) in [5.41, 5.74) is 12.7. The van der Waals surface area contributed by atoms with Crippen LogP contribution in [0.25, 0.3) is 0 Å². The molecule has 4 unspecified atom stereocenters. The summed E-state index contributed by atoms with van der Waals surface area (Å²) in [7, 11) is 0. The maximum atomic E-state index is 5.62. The Labute approximate surface area is 172 Å². The van der Waals surface area contributed by atoms with Gasteiger partial charge in [0.25, 0.3) is 0 Å². The van der Waals surface area contributed by atoms with Crippen molar-refractivity contribution in [2.75, 3.05) is 0 Å². The fourth-order valence-electron chi connectivity index (χ4n) is 7.41. The molecule has 0 radical (unpaired) electrons. The zero-order valence-corrected chi connectivity index (χ0v) is 18.6. The summed E-state index contributed by atoms with van der Waals surface area (Å²) in [6.45, 7) is 20.4. The van der Waals surface area contributed by atoms with E-state index in [1.807, 2.05) is 0 Å². The molecule has 0 nitrogen and oxygen atoms in total. The number of rotatable bonds is 2. The van der Waals surface area contributed by atoms with Crippen LogP contribution < -0.4 is 0 Å². The van der Waals surface area contributed by atoms with Crippen LogP contribution in [0.1, 0.15) is 85.3 Å². The highest BCUT2D eigenvalue weighted by Crippen LogP contribution is 2.66. The molecule has 0 amide bonds. The number of hydrogen-bond acceptors (Lipinski definition) is 0. The van der Waals surface area contributed by atoms with Crippen LogP contribution in [0, 0.1) is 51.9 Å². The first-order valence-electron chi connectivity index (χ1n) is 11.1. The van der Waals surface area contributed by atoms with Crippen molar-refractivity contribution < 1.29 is 0 Å². The normalized spacial score (nSPS) is 33.6. The average Bonchev–Trinajstić information content (AvgIpc) is 3.25. The van der Waals surface area contributed by atoms with E-state index in [0.717, 1.165) is 12.0 Å². The van der Waals surface area contributed by atoms with Crippen molar-refractivity contribution in [3.8, 4) is 12.3 Å². The molecule has 148 valence electrons. The molecular formula is C28H36. The number of allylic oxidation sites excluding steroid dienone is 2. The molecule has 0 heteroatoms. The average molecular weight is 373 g/mol. The molecule has 2 spiro atoms. The summed E-state index contributed by atoms with van der Waals surface area (Å²) in [6.07, 6.45) is 14.3. The van der Waals surface area contributed by atoms with Crippen LogP contribution in [0.2, 0.25) is 0 Å². The summed E-state index contributed by atoms with van der Waals surface area (Å²) in [4.78, 5) is 0. The molecule has 0 aromatic heterocycles. The fraction of sp³-hybridized carbons (Fsp3) is 0.571. The summed E-state index contributed by atoms with van der Waals surface area (Å²) in [5.74, 6) is 4.11. The lowest BCUT2D eigenvalue weighted by molar-refractivity contribution is 0.309. The molecule has 0 heterocycles. The van der Waals surface area contributed by atoms with Gasteiger partial charge in [0.2, 0.25) is 0 Å². The second-order valence-electron chi connectivity index (χ2n) is 10.5. The van der Waals surface area contributed by atoms with Gasteiger partial charge < -0.3 is 0 Å². The summed E-state index contributed by atoms with van der Waals surface area (Å²) in [5, 5.41) is 0. The third-order valence-electron chi connectivity index (χ3n) is 8.83. The Morgan fingerprint density at radius 2 is 1.64 bits per heavy atom. The number of hydrogen-bond donors (Lipinski definition) is 0. The predicted octanol–water partition coefficient (Wildman–Crippen LogP) is 7.17. The maximum Gasteiger partial charge on any atom is 0.000993 e. The lowest BCUT2D eigenvalue weighted by Gasteiger charge is -2.30. The van der Waals surface area contributed by atoms with E-state index < -0.39 is 0 Å². The van der Waals surface area contributed by atoms with Crippen molar-refractivity contribution in [1.82, 2.24) is 0 Å². The molecule has 1 aromatic carbocycles. The SMILES string of the molecule is C#CC(=C)CC1CCC2(C1)CC1(CC(=C)C(C)C1)c1c(C)c(C)c(C)c(C)c12. The van der Waals surface area contributed by atoms with E-state index in [1.54, 1.807) is 22.3 Å². The van der Waals surface area contributed by atoms with Gasteiger partial charge in [-0.3, -0.25) is 0 Å². The fourth-order valence-corrected chi connectivity index (χ4v) is 7.41. The van der Waals surface area contributed by atoms with Crippen LogP contribution in [0.5, 0.6) is 0 Å². The highest BCUT2D eigenvalue weighted by Gasteiger charge is 2.58. The molecule has 2 fully saturated rings. The zero-order chi connectivity index (χ0) is 20.4. The second kappa shape index (κ2) is 6.38. The zero-order valence-electron chi connectivity index (χ0n) is 18.6. The largest absolute Gasteiger partial charge is 0.115 e. The van der Waals surface area contributed by atoms with Gasteiger partial charge >= 0.3 is 0 Å². The first-order valence-corrected chi connectivity index (χ1v) is 11.1. The molecule has 3 aliphatic rings. The van der Waals surface area contributed by atoms with Crippen LogP contribution in [-0.2, 0) is 10.8 Å². The van der Waals surface area contributed by atoms with Crippen LogP contribution in [0.4, 0.5) is 0 Å². The van der Waals surface area contributed by atoms with Crippen LogP contribution in [0.3, 0.4) is 0 Å². The minimum Gasteiger partial charge on any atom is -0.115 e. The Hall–Kier alpha value is -1.74. The Morgan fingerprint density at radius 3 is 2.18 bits per heavy atom. The molecule has 0 N–H and O–H groups in total. The number of fused-ring (bicyclic) bond motifs is 3. The summed E-state index contributed by atoms with van der Waals surface area (Å²) in [6, 6.07) is 0. The van der Waals surface area contributed by atoms with Gasteiger partial charge in [0.05, 0.1) is 0 Å². The minimum atomic E-state index is 0.317. The van der Waals surface area contributed by atoms with Gasteiger partial charge in [-0.15, -0.1) is 6.42 Å². The van der Waals surface area contributed by atoms with E-state index in [2.05, 4.69) is 53.7 Å². The van der Waals surface area contributed by atoms with Crippen molar-refractivity contribution in [1.29, 1.82) is 0 Å². The van der Waals surface area contributed by atoms with Gasteiger partial charge in [-0.05, 0) is 129 Å². The molecule has 0 bridgehead atoms. The Balaban J connectivity index is 1.87. The van der Waals surface area contributed by atoms with Gasteiger partial charge in [0.15, 0.2) is 0 Å². The van der Waals surface area contributed by atoms with Crippen LogP contribution in [0.15, 0.2) is 24.3 Å². The molecular weight excluding hydrogens is 336 g/mol. The molecule has 4 atom stereocenters. The van der Waals surface area contributed by atoms with E-state index in [0.29, 0.717) is 22.7 Å². The lowest BCUT2D eigenvalue weighted by atomic mass is 9.73. The molecule has 0 saturated heterocycles. The topological polar surface area (TPSA) is 0 Å². The van der Waals surface area contributed by atoms with Gasteiger partial charge in [-0.25, -0.2) is 0 Å². The quantitative estimate of drug-likeness (QED) is 0.381. The van der Waals surface area contributed by atoms with Gasteiger partial charge in [-0.2, -0.15) is 0 Å². The van der Waals surface area contributed by atoms with Crippen LogP contribution >= 0.6 is 0 Å². The Bertz CT molecular complexity index is 921. The molecule has 4 rings (SSSR count). The van der Waals surface area contributed by atoms with E-state index in [9.17, 15) is 0 Å². The first-order chi connectivity index (χ1) is 13.1. The lowest BCUT2D eigenvalue weighted by Crippen LogP contribution is -2.25. The maximum absolute atomic E-state index is 5.62. The molecule has 0 aliphatic heterocycles. The molecule has 1 aromatic rings. The Morgan fingerprint density at radius 1 is 1.04 bits per heavy atom. The predicted molar refractivity (Wildman–Crippen MR) is 121 cm³/mol. The first kappa shape index (κ1) is 19.6. The summed E-state index contributed by atoms with van der Waals surface area (Å²) >= 11 is 0. The minimum absolute atomic E-state index is 0.317. The number of terminal acetylenes is 1. The highest BCUT2D eigenvalue weighted by atomic mass is 14.6. The molecule has 3 aliphatic carbocycles. The van der Waals surface area contributed by atoms with E-state index in [1.165, 1.54) is 55.2 Å². The standard InChI is InChI=1S/C28H36/c1-9-17(2)12-24-10-11-27(15-24)16-28(13-18(3)19(4)14-28)26-23(8)21(6)20(5)22(7)25(26)27/h1,19,24H,2-3,10-16H2,4-8H3. The van der Waals surface area contributed by atoms with Crippen molar-refractivity contribution in [3.63, 3.8) is 0 Å². The third-order valence-corrected chi connectivity index (χ3v) is 8.83. The molecule has 28 heavy (non-hydrogen) atoms. The highest BCUT2D eigenvalue weighted by molar-refractivity contribution is 5.61. The van der Waals surface area contributed by atoms with Crippen molar-refractivity contribution in [2.24, 2.45) is 11.8 Å². The van der Waals surface area contributed by atoms with Crippen molar-refractivity contribution >= 4 is 0 Å². The van der Waals surface area contributed by atoms with Gasteiger partial charge in [-0.1, -0.05) is 31.6 Å². The monoisotopic (exact) mass is 372 g/mol. The van der Waals surface area contributed by atoms with E-state index >= 15 is 0 Å². The second-order valence-corrected chi connectivity index (χ2v) is 10.5. The van der Waals surface area contributed by atoms with Crippen molar-refractivity contribution in [3.05, 3.63) is 57.7 Å². The van der Waals surface area contributed by atoms with E-state index in [-0.39, 0.29) is 0 Å². The third kappa shape index (κ3) is 2.58. The Kier molecular flexibility index (Phi) is 4.46. The summed E-state index contributed by atoms with van der Waals surface area (Å²) < 4.78 is 0. The van der Waals surface area contributed by atoms with Gasteiger partial charge in [0, 0.05) is 5.41 Å².